The summed E-state index contributed by atoms with van der Waals surface area (Å²) in [6, 6.07) is -0.289. The summed E-state index contributed by atoms with van der Waals surface area (Å²) < 4.78 is 30.2. The topological polar surface area (TPSA) is 132 Å². The fourth-order valence-electron chi connectivity index (χ4n) is 1.66. The quantitative estimate of drug-likeness (QED) is 0.639. The van der Waals surface area contributed by atoms with Crippen LogP contribution in [0.15, 0.2) is 6.20 Å². The van der Waals surface area contributed by atoms with Crippen LogP contribution in [0.5, 0.6) is 0 Å². The van der Waals surface area contributed by atoms with Crippen LogP contribution < -0.4 is 0 Å². The van der Waals surface area contributed by atoms with E-state index >= 15 is 0 Å². The number of carboxylic acid groups (broad SMARTS) is 1. The number of carbonyl (C=O) groups excluding carboxylic acids is 1. The van der Waals surface area contributed by atoms with Gasteiger partial charge in [0.1, 0.15) is 0 Å². The van der Waals surface area contributed by atoms with Crippen molar-refractivity contribution in [2.75, 3.05) is 26.0 Å². The molecule has 1 aromatic heterocycles. The highest BCUT2D eigenvalue weighted by Crippen LogP contribution is 2.23. The maximum Gasteiger partial charge on any atom is 0.358 e. The predicted octanol–water partition coefficient (Wildman–Crippen LogP) is -1.66. The molecule has 0 atom stereocenters. The Hall–Kier alpha value is -2.01. The first-order valence-electron chi connectivity index (χ1n) is 5.53. The van der Waals surface area contributed by atoms with Gasteiger partial charge < -0.3 is 9.84 Å². The molecule has 1 saturated heterocycles. The number of rotatable bonds is 5. The van der Waals surface area contributed by atoms with Crippen LogP contribution in [0, 0.1) is 0 Å². The number of hydrogen-bond acceptors (Lipinski definition) is 7. The normalized spacial score (nSPS) is 16.6. The number of sulfonamides is 1. The van der Waals surface area contributed by atoms with E-state index in [4.69, 9.17) is 5.11 Å². The van der Waals surface area contributed by atoms with E-state index in [1.807, 2.05) is 0 Å². The molecule has 0 amide bonds. The number of nitrogens with zero attached hydrogens (tertiary/aromatic N) is 4. The molecule has 0 bridgehead atoms. The Morgan fingerprint density at radius 2 is 2.15 bits per heavy atom. The SMILES string of the molecule is COC(=O)CS(=O)(=O)N1CC(n2cc(C(=O)O)nn2)C1. The van der Waals surface area contributed by atoms with Crippen molar-refractivity contribution in [3.05, 3.63) is 11.9 Å². The van der Waals surface area contributed by atoms with E-state index in [1.165, 1.54) is 10.9 Å². The van der Waals surface area contributed by atoms with E-state index in [1.54, 1.807) is 0 Å². The zero-order valence-corrected chi connectivity index (χ0v) is 11.3. The lowest BCUT2D eigenvalue weighted by atomic mass is 10.2. The van der Waals surface area contributed by atoms with Crippen LogP contribution in [0.2, 0.25) is 0 Å². The minimum Gasteiger partial charge on any atom is -0.476 e. The Bertz CT molecular complexity index is 633. The second-order valence-corrected chi connectivity index (χ2v) is 6.16. The van der Waals surface area contributed by atoms with Crippen LogP contribution >= 0.6 is 0 Å². The highest BCUT2D eigenvalue weighted by Gasteiger charge is 2.38. The highest BCUT2D eigenvalue weighted by atomic mass is 32.2. The predicted molar refractivity (Wildman–Crippen MR) is 63.4 cm³/mol. The minimum atomic E-state index is -3.70. The van der Waals surface area contributed by atoms with Gasteiger partial charge in [0.2, 0.25) is 10.0 Å². The third-order valence-electron chi connectivity index (χ3n) is 2.85. The summed E-state index contributed by atoms with van der Waals surface area (Å²) in [4.78, 5) is 21.6. The van der Waals surface area contributed by atoms with Gasteiger partial charge in [-0.25, -0.2) is 17.9 Å². The monoisotopic (exact) mass is 304 g/mol. The van der Waals surface area contributed by atoms with Crippen molar-refractivity contribution in [2.45, 2.75) is 6.04 Å². The summed E-state index contributed by atoms with van der Waals surface area (Å²) in [6.45, 7) is 0.226. The molecule has 0 saturated carbocycles. The van der Waals surface area contributed by atoms with Gasteiger partial charge >= 0.3 is 11.9 Å². The Kier molecular flexibility index (Phi) is 3.72. The van der Waals surface area contributed by atoms with Gasteiger partial charge in [-0.1, -0.05) is 5.21 Å². The molecule has 110 valence electrons. The van der Waals surface area contributed by atoms with Crippen LogP contribution in [-0.2, 0) is 19.6 Å². The van der Waals surface area contributed by atoms with E-state index in [0.29, 0.717) is 0 Å². The number of hydrogen-bond donors (Lipinski definition) is 1. The van der Waals surface area contributed by atoms with E-state index in [0.717, 1.165) is 11.4 Å². The third-order valence-corrected chi connectivity index (χ3v) is 4.54. The first-order chi connectivity index (χ1) is 9.33. The standard InChI is InChI=1S/C9H12N4O6S/c1-19-8(14)5-20(17,18)12-2-6(3-12)13-4-7(9(15)16)10-11-13/h4,6H,2-3,5H2,1H3,(H,15,16). The minimum absolute atomic E-state index is 0.113. The zero-order valence-electron chi connectivity index (χ0n) is 10.5. The van der Waals surface area contributed by atoms with Gasteiger partial charge in [0.25, 0.3) is 0 Å². The average Bonchev–Trinajstić information content (AvgIpc) is 2.75. The van der Waals surface area contributed by atoms with Crippen LogP contribution in [-0.4, -0.2) is 70.7 Å². The Morgan fingerprint density at radius 1 is 1.50 bits per heavy atom. The number of methoxy groups -OCH3 is 1. The van der Waals surface area contributed by atoms with E-state index in [-0.39, 0.29) is 24.8 Å². The Labute approximate surface area is 114 Å². The van der Waals surface area contributed by atoms with Gasteiger partial charge in [0.05, 0.1) is 19.3 Å². The first-order valence-corrected chi connectivity index (χ1v) is 7.14. The van der Waals surface area contributed by atoms with Crippen LogP contribution in [0.3, 0.4) is 0 Å². The molecular weight excluding hydrogens is 292 g/mol. The van der Waals surface area contributed by atoms with Crippen molar-refractivity contribution in [3.8, 4) is 0 Å². The fraction of sp³-hybridized carbons (Fsp3) is 0.556. The van der Waals surface area contributed by atoms with E-state index in [9.17, 15) is 18.0 Å². The molecular formula is C9H12N4O6S. The fourth-order valence-corrected chi connectivity index (χ4v) is 3.06. The summed E-state index contributed by atoms with van der Waals surface area (Å²) in [5.74, 6) is -2.75. The van der Waals surface area contributed by atoms with Crippen molar-refractivity contribution in [1.29, 1.82) is 0 Å². The number of aromatic carboxylic acids is 1. The maximum absolute atomic E-state index is 11.8. The van der Waals surface area contributed by atoms with E-state index < -0.39 is 27.7 Å². The summed E-state index contributed by atoms with van der Waals surface area (Å²) in [5.41, 5.74) is -0.208. The molecule has 2 rings (SSSR count). The second-order valence-electron chi connectivity index (χ2n) is 4.19. The van der Waals surface area contributed by atoms with Gasteiger partial charge in [0, 0.05) is 13.1 Å². The van der Waals surface area contributed by atoms with Crippen molar-refractivity contribution in [3.63, 3.8) is 0 Å². The molecule has 2 heterocycles. The number of carboxylic acids is 1. The summed E-state index contributed by atoms with van der Waals surface area (Å²) in [5, 5.41) is 15.8. The molecule has 1 N–H and O–H groups in total. The molecule has 0 unspecified atom stereocenters. The molecule has 0 spiro atoms. The zero-order chi connectivity index (χ0) is 14.9. The molecule has 20 heavy (non-hydrogen) atoms. The number of aromatic nitrogens is 3. The van der Waals surface area contributed by atoms with Crippen LogP contribution in [0.1, 0.15) is 16.5 Å². The molecule has 1 fully saturated rings. The lowest BCUT2D eigenvalue weighted by molar-refractivity contribution is -0.137. The number of ether oxygens (including phenoxy) is 1. The van der Waals surface area contributed by atoms with Gasteiger partial charge in [-0.2, -0.15) is 4.31 Å². The van der Waals surface area contributed by atoms with E-state index in [2.05, 4.69) is 15.0 Å². The van der Waals surface area contributed by atoms with Gasteiger partial charge in [0.15, 0.2) is 11.4 Å². The summed E-state index contributed by atoms with van der Waals surface area (Å²) >= 11 is 0. The van der Waals surface area contributed by atoms with Gasteiger partial charge in [-0.05, 0) is 0 Å². The molecule has 1 aromatic rings. The molecule has 0 aromatic carbocycles. The first kappa shape index (κ1) is 14.4. The molecule has 0 radical (unpaired) electrons. The second kappa shape index (κ2) is 5.17. The lowest BCUT2D eigenvalue weighted by Gasteiger charge is -2.37. The largest absolute Gasteiger partial charge is 0.476 e. The summed E-state index contributed by atoms with van der Waals surface area (Å²) in [6.07, 6.45) is 1.23. The number of esters is 1. The molecule has 1 aliphatic heterocycles. The van der Waals surface area contributed by atoms with Gasteiger partial charge in [-0.3, -0.25) is 4.79 Å². The smallest absolute Gasteiger partial charge is 0.358 e. The highest BCUT2D eigenvalue weighted by molar-refractivity contribution is 7.89. The maximum atomic E-state index is 11.8. The Balaban J connectivity index is 1.96. The Morgan fingerprint density at radius 3 is 2.65 bits per heavy atom. The van der Waals surface area contributed by atoms with Crippen LogP contribution in [0.25, 0.3) is 0 Å². The molecule has 10 nitrogen and oxygen atoms in total. The average molecular weight is 304 g/mol. The van der Waals surface area contributed by atoms with Gasteiger partial charge in [-0.15, -0.1) is 5.10 Å². The molecule has 1 aliphatic rings. The van der Waals surface area contributed by atoms with Crippen LogP contribution in [0.4, 0.5) is 0 Å². The molecule has 11 heteroatoms. The van der Waals surface area contributed by atoms with Crippen molar-refractivity contribution in [2.24, 2.45) is 0 Å². The lowest BCUT2D eigenvalue weighted by Crippen LogP contribution is -2.52. The van der Waals surface area contributed by atoms with Crippen molar-refractivity contribution >= 4 is 22.0 Å². The van der Waals surface area contributed by atoms with Crippen molar-refractivity contribution < 1.29 is 27.9 Å². The third kappa shape index (κ3) is 2.77. The van der Waals surface area contributed by atoms with Crippen molar-refractivity contribution in [1.82, 2.24) is 19.3 Å². The molecule has 0 aliphatic carbocycles. The summed E-state index contributed by atoms with van der Waals surface area (Å²) in [7, 11) is -2.59. The number of carbonyl (C=O) groups is 2.